The molecule has 0 heterocycles. The van der Waals surface area contributed by atoms with Crippen molar-refractivity contribution < 1.29 is 4.74 Å². The van der Waals surface area contributed by atoms with Crippen molar-refractivity contribution in [3.63, 3.8) is 0 Å². The minimum Gasteiger partial charge on any atom is -0.488 e. The Kier molecular flexibility index (Phi) is 3.53. The van der Waals surface area contributed by atoms with Crippen molar-refractivity contribution >= 4 is 0 Å². The Hall–Kier alpha value is -1.02. The molecule has 0 spiro atoms. The van der Waals surface area contributed by atoms with Gasteiger partial charge in [0, 0.05) is 0 Å². The summed E-state index contributed by atoms with van der Waals surface area (Å²) in [7, 11) is 0. The Morgan fingerprint density at radius 2 is 1.79 bits per heavy atom. The summed E-state index contributed by atoms with van der Waals surface area (Å²) in [6, 6.07) is 8.09. The van der Waals surface area contributed by atoms with Crippen LogP contribution in [0.4, 0.5) is 0 Å². The third-order valence-corrected chi connectivity index (χ3v) is 2.16. The third-order valence-electron chi connectivity index (χ3n) is 2.16. The minimum atomic E-state index is -0.177. The molecular weight excluding hydrogens is 174 g/mol. The average Bonchev–Trinajstić information content (AvgIpc) is 2.08. The van der Waals surface area contributed by atoms with Crippen molar-refractivity contribution in [1.82, 2.24) is 0 Å². The number of aryl methyl sites for hydroxylation is 1. The maximum Gasteiger partial charge on any atom is 0.120 e. The molecule has 0 aliphatic heterocycles. The van der Waals surface area contributed by atoms with E-state index in [0.717, 1.165) is 12.2 Å². The van der Waals surface area contributed by atoms with E-state index in [9.17, 15) is 0 Å². The van der Waals surface area contributed by atoms with E-state index in [1.54, 1.807) is 0 Å². The van der Waals surface area contributed by atoms with E-state index in [1.807, 2.05) is 24.3 Å². The molecule has 2 N–H and O–H groups in total. The molecule has 1 aromatic carbocycles. The number of hydrogen-bond donors (Lipinski definition) is 1. The van der Waals surface area contributed by atoms with Crippen LogP contribution >= 0.6 is 0 Å². The summed E-state index contributed by atoms with van der Waals surface area (Å²) in [5.74, 6) is 0.911. The van der Waals surface area contributed by atoms with Gasteiger partial charge in [-0.2, -0.15) is 0 Å². The maximum absolute atomic E-state index is 5.82. The Morgan fingerprint density at radius 1 is 1.21 bits per heavy atom. The summed E-state index contributed by atoms with van der Waals surface area (Å²) in [6.45, 7) is 6.83. The Bertz CT molecular complexity index is 277. The van der Waals surface area contributed by atoms with Crippen LogP contribution in [0.25, 0.3) is 0 Å². The number of ether oxygens (including phenoxy) is 1. The van der Waals surface area contributed by atoms with Gasteiger partial charge in [0.2, 0.25) is 0 Å². The normalized spacial score (nSPS) is 11.4. The van der Waals surface area contributed by atoms with E-state index in [2.05, 4.69) is 20.8 Å². The first-order chi connectivity index (χ1) is 6.53. The average molecular weight is 193 g/mol. The van der Waals surface area contributed by atoms with Crippen LogP contribution in [0.5, 0.6) is 5.75 Å². The summed E-state index contributed by atoms with van der Waals surface area (Å²) >= 11 is 0. The smallest absolute Gasteiger partial charge is 0.120 e. The zero-order valence-electron chi connectivity index (χ0n) is 9.21. The number of nitrogens with two attached hydrogens (primary N) is 1. The SMILES string of the molecule is Cc1ccc(OC(C)(C)CCN)cc1. The summed E-state index contributed by atoms with van der Waals surface area (Å²) in [5.41, 5.74) is 6.58. The molecule has 0 amide bonds. The molecule has 2 heteroatoms. The molecule has 0 aliphatic carbocycles. The van der Waals surface area contributed by atoms with Gasteiger partial charge in [-0.05, 0) is 45.9 Å². The van der Waals surface area contributed by atoms with Crippen LogP contribution in [0.15, 0.2) is 24.3 Å². The van der Waals surface area contributed by atoms with E-state index < -0.39 is 0 Å². The fourth-order valence-electron chi connectivity index (χ4n) is 1.32. The van der Waals surface area contributed by atoms with Gasteiger partial charge < -0.3 is 10.5 Å². The molecule has 0 saturated heterocycles. The largest absolute Gasteiger partial charge is 0.488 e. The van der Waals surface area contributed by atoms with Crippen molar-refractivity contribution in [3.05, 3.63) is 29.8 Å². The highest BCUT2D eigenvalue weighted by Crippen LogP contribution is 2.20. The van der Waals surface area contributed by atoms with Crippen LogP contribution in [0, 0.1) is 6.92 Å². The quantitative estimate of drug-likeness (QED) is 0.797. The molecule has 1 rings (SSSR count). The summed E-state index contributed by atoms with van der Waals surface area (Å²) in [6.07, 6.45) is 0.862. The summed E-state index contributed by atoms with van der Waals surface area (Å²) in [5, 5.41) is 0. The molecule has 0 atom stereocenters. The van der Waals surface area contributed by atoms with E-state index in [0.29, 0.717) is 6.54 Å². The van der Waals surface area contributed by atoms with Gasteiger partial charge in [0.05, 0.1) is 0 Å². The second-order valence-corrected chi connectivity index (χ2v) is 4.21. The Labute approximate surface area is 86.1 Å². The fourth-order valence-corrected chi connectivity index (χ4v) is 1.32. The molecule has 0 bridgehead atoms. The Morgan fingerprint density at radius 3 is 2.29 bits per heavy atom. The van der Waals surface area contributed by atoms with Crippen molar-refractivity contribution in [1.29, 1.82) is 0 Å². The number of hydrogen-bond acceptors (Lipinski definition) is 2. The van der Waals surface area contributed by atoms with Gasteiger partial charge in [0.15, 0.2) is 0 Å². The first kappa shape index (κ1) is 11.1. The van der Waals surface area contributed by atoms with Gasteiger partial charge in [0.25, 0.3) is 0 Å². The van der Waals surface area contributed by atoms with E-state index >= 15 is 0 Å². The molecule has 0 aromatic heterocycles. The first-order valence-corrected chi connectivity index (χ1v) is 4.99. The van der Waals surface area contributed by atoms with Crippen molar-refractivity contribution in [2.45, 2.75) is 32.8 Å². The molecule has 14 heavy (non-hydrogen) atoms. The maximum atomic E-state index is 5.82. The van der Waals surface area contributed by atoms with Crippen LogP contribution in [-0.4, -0.2) is 12.1 Å². The monoisotopic (exact) mass is 193 g/mol. The van der Waals surface area contributed by atoms with Gasteiger partial charge in [-0.15, -0.1) is 0 Å². The molecular formula is C12H19NO. The zero-order chi connectivity index (χ0) is 10.6. The Balaban J connectivity index is 2.64. The van der Waals surface area contributed by atoms with Gasteiger partial charge >= 0.3 is 0 Å². The van der Waals surface area contributed by atoms with Crippen LogP contribution in [0.3, 0.4) is 0 Å². The van der Waals surface area contributed by atoms with Gasteiger partial charge in [0.1, 0.15) is 11.4 Å². The predicted octanol–water partition coefficient (Wildman–Crippen LogP) is 2.50. The lowest BCUT2D eigenvalue weighted by Crippen LogP contribution is -2.31. The molecule has 0 fully saturated rings. The molecule has 78 valence electrons. The van der Waals surface area contributed by atoms with Crippen LogP contribution < -0.4 is 10.5 Å². The second kappa shape index (κ2) is 4.47. The van der Waals surface area contributed by atoms with Crippen molar-refractivity contribution in [3.8, 4) is 5.75 Å². The summed E-state index contributed by atoms with van der Waals surface area (Å²) < 4.78 is 5.82. The number of rotatable bonds is 4. The highest BCUT2D eigenvalue weighted by molar-refractivity contribution is 5.26. The van der Waals surface area contributed by atoms with Gasteiger partial charge in [-0.1, -0.05) is 17.7 Å². The molecule has 0 unspecified atom stereocenters. The van der Waals surface area contributed by atoms with E-state index in [-0.39, 0.29) is 5.60 Å². The highest BCUT2D eigenvalue weighted by atomic mass is 16.5. The standard InChI is InChI=1S/C12H19NO/c1-10-4-6-11(7-5-10)14-12(2,3)8-9-13/h4-7H,8-9,13H2,1-3H3. The van der Waals surface area contributed by atoms with Crippen LogP contribution in [0.1, 0.15) is 25.8 Å². The molecule has 2 nitrogen and oxygen atoms in total. The summed E-state index contributed by atoms with van der Waals surface area (Å²) in [4.78, 5) is 0. The highest BCUT2D eigenvalue weighted by Gasteiger charge is 2.18. The number of benzene rings is 1. The minimum absolute atomic E-state index is 0.177. The first-order valence-electron chi connectivity index (χ1n) is 4.99. The van der Waals surface area contributed by atoms with Gasteiger partial charge in [-0.3, -0.25) is 0 Å². The fraction of sp³-hybridized carbons (Fsp3) is 0.500. The second-order valence-electron chi connectivity index (χ2n) is 4.21. The van der Waals surface area contributed by atoms with Crippen molar-refractivity contribution in [2.75, 3.05) is 6.54 Å². The lowest BCUT2D eigenvalue weighted by Gasteiger charge is -2.25. The topological polar surface area (TPSA) is 35.2 Å². The third kappa shape index (κ3) is 3.38. The van der Waals surface area contributed by atoms with Crippen LogP contribution in [-0.2, 0) is 0 Å². The predicted molar refractivity (Wildman–Crippen MR) is 59.6 cm³/mol. The molecule has 0 aliphatic rings. The van der Waals surface area contributed by atoms with Crippen LogP contribution in [0.2, 0.25) is 0 Å². The van der Waals surface area contributed by atoms with E-state index in [4.69, 9.17) is 10.5 Å². The van der Waals surface area contributed by atoms with Crippen molar-refractivity contribution in [2.24, 2.45) is 5.73 Å². The zero-order valence-corrected chi connectivity index (χ0v) is 9.21. The molecule has 0 saturated carbocycles. The molecule has 0 radical (unpaired) electrons. The lowest BCUT2D eigenvalue weighted by molar-refractivity contribution is 0.102. The lowest BCUT2D eigenvalue weighted by atomic mass is 10.1. The van der Waals surface area contributed by atoms with Gasteiger partial charge in [-0.25, -0.2) is 0 Å². The van der Waals surface area contributed by atoms with E-state index in [1.165, 1.54) is 5.56 Å². The molecule has 1 aromatic rings.